The predicted molar refractivity (Wildman–Crippen MR) is 92.5 cm³/mol. The molecule has 0 aliphatic heterocycles. The number of carbonyl (C=O) groups is 1. The second kappa shape index (κ2) is 11.8. The SMILES string of the molecule is CCCCCCn1cncc1[C@@H](O)[C@H](CO)CC=CCCC(=O)O. The first kappa shape index (κ1) is 20.4. The van der Waals surface area contributed by atoms with Gasteiger partial charge in [0.15, 0.2) is 0 Å². The van der Waals surface area contributed by atoms with Gasteiger partial charge >= 0.3 is 5.97 Å². The number of hydrogen-bond donors (Lipinski definition) is 3. The Bertz CT molecular complexity index is 499. The minimum atomic E-state index is -0.828. The van der Waals surface area contributed by atoms with E-state index in [1.54, 1.807) is 18.6 Å². The average molecular weight is 338 g/mol. The molecule has 0 unspecified atom stereocenters. The quantitative estimate of drug-likeness (QED) is 0.380. The molecule has 0 spiro atoms. The Morgan fingerprint density at radius 1 is 1.33 bits per heavy atom. The summed E-state index contributed by atoms with van der Waals surface area (Å²) in [6.07, 6.45) is 11.8. The van der Waals surface area contributed by atoms with Crippen molar-refractivity contribution in [1.29, 1.82) is 0 Å². The van der Waals surface area contributed by atoms with Crippen LogP contribution < -0.4 is 0 Å². The number of aromatic nitrogens is 2. The molecule has 6 heteroatoms. The van der Waals surface area contributed by atoms with E-state index in [0.29, 0.717) is 12.8 Å². The molecule has 0 bridgehead atoms. The number of carboxylic acid groups (broad SMARTS) is 1. The lowest BCUT2D eigenvalue weighted by molar-refractivity contribution is -0.136. The monoisotopic (exact) mass is 338 g/mol. The molecule has 3 N–H and O–H groups in total. The van der Waals surface area contributed by atoms with E-state index in [1.165, 1.54) is 12.8 Å². The van der Waals surface area contributed by atoms with E-state index >= 15 is 0 Å². The normalized spacial score (nSPS) is 14.1. The van der Waals surface area contributed by atoms with Gasteiger partial charge in [0.05, 0.1) is 18.2 Å². The molecule has 0 saturated carbocycles. The first-order valence-corrected chi connectivity index (χ1v) is 8.75. The number of rotatable bonds is 13. The number of aliphatic carboxylic acids is 1. The highest BCUT2D eigenvalue weighted by atomic mass is 16.4. The molecule has 0 aromatic carbocycles. The number of hydrogen-bond acceptors (Lipinski definition) is 4. The van der Waals surface area contributed by atoms with Gasteiger partial charge < -0.3 is 19.9 Å². The van der Waals surface area contributed by atoms with Crippen LogP contribution in [0.4, 0.5) is 0 Å². The summed E-state index contributed by atoms with van der Waals surface area (Å²) in [5.74, 6) is -1.15. The first-order chi connectivity index (χ1) is 11.6. The van der Waals surface area contributed by atoms with Crippen molar-refractivity contribution >= 4 is 5.97 Å². The molecule has 0 aliphatic carbocycles. The van der Waals surface area contributed by atoms with E-state index in [2.05, 4.69) is 11.9 Å². The molecular formula is C18H30N2O4. The zero-order valence-electron chi connectivity index (χ0n) is 14.5. The Morgan fingerprint density at radius 2 is 2.12 bits per heavy atom. The molecule has 24 heavy (non-hydrogen) atoms. The Morgan fingerprint density at radius 3 is 2.79 bits per heavy atom. The number of aliphatic hydroxyl groups excluding tert-OH is 2. The summed E-state index contributed by atoms with van der Waals surface area (Å²) in [5, 5.41) is 28.7. The molecule has 1 rings (SSSR count). The van der Waals surface area contributed by atoms with E-state index in [-0.39, 0.29) is 18.9 Å². The molecule has 6 nitrogen and oxygen atoms in total. The lowest BCUT2D eigenvalue weighted by atomic mass is 9.96. The molecule has 0 aliphatic rings. The maximum Gasteiger partial charge on any atom is 0.303 e. The number of aryl methyl sites for hydroxylation is 1. The standard InChI is InChI=1S/C18H30N2O4/c1-2-3-4-8-11-20-14-19-12-16(20)18(24)15(13-21)9-6-5-7-10-17(22)23/h5-6,12,14-15,18,21,24H,2-4,7-11,13H2,1H3,(H,22,23)/t15-,18-/m0/s1. The van der Waals surface area contributed by atoms with Crippen LogP contribution in [0.2, 0.25) is 0 Å². The van der Waals surface area contributed by atoms with Crippen LogP contribution in [0.3, 0.4) is 0 Å². The molecule has 1 aromatic heterocycles. The third kappa shape index (κ3) is 7.27. The molecule has 2 atom stereocenters. The molecular weight excluding hydrogens is 308 g/mol. The minimum absolute atomic E-state index is 0.0907. The predicted octanol–water partition coefficient (Wildman–Crippen LogP) is 2.92. The van der Waals surface area contributed by atoms with E-state index < -0.39 is 12.1 Å². The second-order valence-corrected chi connectivity index (χ2v) is 6.10. The lowest BCUT2D eigenvalue weighted by Crippen LogP contribution is -2.19. The number of carboxylic acids is 1. The second-order valence-electron chi connectivity index (χ2n) is 6.10. The summed E-state index contributed by atoms with van der Waals surface area (Å²) < 4.78 is 1.96. The maximum absolute atomic E-state index is 10.5. The molecule has 0 radical (unpaired) electrons. The number of imidazole rings is 1. The van der Waals surface area contributed by atoms with Crippen molar-refractivity contribution in [1.82, 2.24) is 9.55 Å². The highest BCUT2D eigenvalue weighted by Crippen LogP contribution is 2.25. The van der Waals surface area contributed by atoms with Gasteiger partial charge in [-0.05, 0) is 19.3 Å². The smallest absolute Gasteiger partial charge is 0.303 e. The van der Waals surface area contributed by atoms with Crippen molar-refractivity contribution in [2.24, 2.45) is 5.92 Å². The summed E-state index contributed by atoms with van der Waals surface area (Å²) >= 11 is 0. The van der Waals surface area contributed by atoms with Crippen molar-refractivity contribution < 1.29 is 20.1 Å². The highest BCUT2D eigenvalue weighted by Gasteiger charge is 2.22. The Balaban J connectivity index is 2.54. The van der Waals surface area contributed by atoms with Gasteiger partial charge in [0.25, 0.3) is 0 Å². The van der Waals surface area contributed by atoms with Crippen LogP contribution in [0.5, 0.6) is 0 Å². The fourth-order valence-electron chi connectivity index (χ4n) is 2.61. The molecule has 0 saturated heterocycles. The molecule has 0 fully saturated rings. The van der Waals surface area contributed by atoms with E-state index in [0.717, 1.165) is 25.1 Å². The number of allylic oxidation sites excluding steroid dienone is 2. The average Bonchev–Trinajstić information content (AvgIpc) is 3.02. The van der Waals surface area contributed by atoms with Crippen molar-refractivity contribution in [2.75, 3.05) is 6.61 Å². The van der Waals surface area contributed by atoms with Gasteiger partial charge in [-0.2, -0.15) is 0 Å². The molecule has 1 aromatic rings. The van der Waals surface area contributed by atoms with Gasteiger partial charge in [-0.25, -0.2) is 4.98 Å². The van der Waals surface area contributed by atoms with Crippen LogP contribution in [0.25, 0.3) is 0 Å². The number of unbranched alkanes of at least 4 members (excludes halogenated alkanes) is 3. The summed E-state index contributed by atoms with van der Waals surface area (Å²) in [5.41, 5.74) is 0.726. The summed E-state index contributed by atoms with van der Waals surface area (Å²) in [6.45, 7) is 2.85. The van der Waals surface area contributed by atoms with E-state index in [9.17, 15) is 15.0 Å². The van der Waals surface area contributed by atoms with Crippen LogP contribution in [0.1, 0.15) is 63.7 Å². The van der Waals surface area contributed by atoms with Crippen LogP contribution in [-0.2, 0) is 11.3 Å². The van der Waals surface area contributed by atoms with Crippen molar-refractivity contribution in [3.63, 3.8) is 0 Å². The third-order valence-electron chi connectivity index (χ3n) is 4.11. The van der Waals surface area contributed by atoms with Crippen LogP contribution in [0, 0.1) is 5.92 Å². The number of aliphatic hydroxyl groups is 2. The third-order valence-corrected chi connectivity index (χ3v) is 4.11. The van der Waals surface area contributed by atoms with Gasteiger partial charge in [-0.1, -0.05) is 38.3 Å². The zero-order valence-corrected chi connectivity index (χ0v) is 14.5. The van der Waals surface area contributed by atoms with Crippen LogP contribution >= 0.6 is 0 Å². The Kier molecular flexibility index (Phi) is 10.0. The topological polar surface area (TPSA) is 95.6 Å². The van der Waals surface area contributed by atoms with Crippen molar-refractivity contribution in [3.05, 3.63) is 30.4 Å². The van der Waals surface area contributed by atoms with Gasteiger partial charge in [0.1, 0.15) is 6.10 Å². The van der Waals surface area contributed by atoms with Gasteiger partial charge in [0.2, 0.25) is 0 Å². The fraction of sp³-hybridized carbons (Fsp3) is 0.667. The van der Waals surface area contributed by atoms with Crippen molar-refractivity contribution in [3.8, 4) is 0 Å². The largest absolute Gasteiger partial charge is 0.481 e. The zero-order chi connectivity index (χ0) is 17.8. The molecule has 0 amide bonds. The van der Waals surface area contributed by atoms with Crippen molar-refractivity contribution in [2.45, 2.75) is 64.5 Å². The lowest BCUT2D eigenvalue weighted by Gasteiger charge is -2.21. The minimum Gasteiger partial charge on any atom is -0.481 e. The van der Waals surface area contributed by atoms with Gasteiger partial charge in [0, 0.05) is 25.5 Å². The number of nitrogens with zero attached hydrogens (tertiary/aromatic N) is 2. The summed E-state index contributed by atoms with van der Waals surface area (Å²) in [7, 11) is 0. The molecule has 1 heterocycles. The van der Waals surface area contributed by atoms with Gasteiger partial charge in [-0.3, -0.25) is 4.79 Å². The summed E-state index contributed by atoms with van der Waals surface area (Å²) in [6, 6.07) is 0. The van der Waals surface area contributed by atoms with Crippen LogP contribution in [0.15, 0.2) is 24.7 Å². The van der Waals surface area contributed by atoms with E-state index in [1.807, 2.05) is 10.6 Å². The first-order valence-electron chi connectivity index (χ1n) is 8.75. The Labute approximate surface area is 143 Å². The van der Waals surface area contributed by atoms with Crippen LogP contribution in [-0.4, -0.2) is 37.4 Å². The summed E-state index contributed by atoms with van der Waals surface area (Å²) in [4.78, 5) is 14.6. The van der Waals surface area contributed by atoms with Gasteiger partial charge in [-0.15, -0.1) is 0 Å². The maximum atomic E-state index is 10.5. The van der Waals surface area contributed by atoms with E-state index in [4.69, 9.17) is 5.11 Å². The Hall–Kier alpha value is -1.66. The highest BCUT2D eigenvalue weighted by molar-refractivity contribution is 5.66. The molecule has 136 valence electrons. The fourth-order valence-corrected chi connectivity index (χ4v) is 2.61.